The van der Waals surface area contributed by atoms with Crippen molar-refractivity contribution in [3.05, 3.63) is 24.3 Å². The first-order chi connectivity index (χ1) is 7.22. The maximum Gasteiger partial charge on any atom is 0.421 e. The van der Waals surface area contributed by atoms with Gasteiger partial charge in [-0.25, -0.2) is 9.69 Å². The fourth-order valence-corrected chi connectivity index (χ4v) is 1.34. The number of anilines is 1. The third-order valence-corrected chi connectivity index (χ3v) is 2.08. The van der Waals surface area contributed by atoms with Crippen molar-refractivity contribution in [2.45, 2.75) is 0 Å². The van der Waals surface area contributed by atoms with Crippen LogP contribution < -0.4 is 9.64 Å². The summed E-state index contributed by atoms with van der Waals surface area (Å²) in [6.07, 6.45) is -0.634. The molecule has 1 fully saturated rings. The summed E-state index contributed by atoms with van der Waals surface area (Å²) in [6.45, 7) is -0.190. The van der Waals surface area contributed by atoms with Crippen LogP contribution in [0.3, 0.4) is 0 Å². The van der Waals surface area contributed by atoms with Gasteiger partial charge in [0.05, 0.1) is 12.8 Å². The molecule has 5 nitrogen and oxygen atoms in total. The Morgan fingerprint density at radius 2 is 1.93 bits per heavy atom. The van der Waals surface area contributed by atoms with Gasteiger partial charge in [-0.15, -0.1) is 0 Å². The van der Waals surface area contributed by atoms with Gasteiger partial charge in [0.15, 0.2) is 6.61 Å². The molecule has 15 heavy (non-hydrogen) atoms. The summed E-state index contributed by atoms with van der Waals surface area (Å²) in [5, 5.41) is 0. The van der Waals surface area contributed by atoms with E-state index in [9.17, 15) is 9.59 Å². The van der Waals surface area contributed by atoms with Crippen molar-refractivity contribution in [3.8, 4) is 5.75 Å². The zero-order valence-corrected chi connectivity index (χ0v) is 8.10. The SMILES string of the molecule is COc1ccc(N2C(=O)COC2=O)cc1. The van der Waals surface area contributed by atoms with Gasteiger partial charge in [0.25, 0.3) is 5.91 Å². The molecule has 1 aliphatic rings. The third kappa shape index (κ3) is 1.63. The lowest BCUT2D eigenvalue weighted by Gasteiger charge is -2.10. The Kier molecular flexibility index (Phi) is 2.29. The lowest BCUT2D eigenvalue weighted by molar-refractivity contribution is -0.117. The molecule has 0 spiro atoms. The van der Waals surface area contributed by atoms with E-state index in [2.05, 4.69) is 4.74 Å². The van der Waals surface area contributed by atoms with Crippen LogP contribution in [0.25, 0.3) is 0 Å². The van der Waals surface area contributed by atoms with Gasteiger partial charge in [-0.1, -0.05) is 0 Å². The van der Waals surface area contributed by atoms with Gasteiger partial charge in [0.2, 0.25) is 0 Å². The van der Waals surface area contributed by atoms with Gasteiger partial charge in [-0.3, -0.25) is 4.79 Å². The summed E-state index contributed by atoms with van der Waals surface area (Å²) in [5.74, 6) is 0.309. The number of imide groups is 1. The highest BCUT2D eigenvalue weighted by Crippen LogP contribution is 2.22. The molecule has 0 saturated carbocycles. The number of hydrogen-bond acceptors (Lipinski definition) is 4. The molecule has 0 unspecified atom stereocenters. The second-order valence-corrected chi connectivity index (χ2v) is 2.98. The highest BCUT2D eigenvalue weighted by molar-refractivity contribution is 6.16. The van der Waals surface area contributed by atoms with E-state index in [0.29, 0.717) is 11.4 Å². The van der Waals surface area contributed by atoms with Crippen molar-refractivity contribution in [2.75, 3.05) is 18.6 Å². The lowest BCUT2D eigenvalue weighted by Crippen LogP contribution is -2.28. The van der Waals surface area contributed by atoms with Crippen molar-refractivity contribution >= 4 is 17.7 Å². The van der Waals surface area contributed by atoms with E-state index < -0.39 is 6.09 Å². The van der Waals surface area contributed by atoms with Crippen LogP contribution in [0.5, 0.6) is 5.75 Å². The molecule has 0 aromatic heterocycles. The Balaban J connectivity index is 2.29. The molecule has 1 aromatic rings. The largest absolute Gasteiger partial charge is 0.497 e. The number of carbonyl (C=O) groups excluding carboxylic acids is 2. The standard InChI is InChI=1S/C10H9NO4/c1-14-8-4-2-7(3-5-8)11-9(12)6-15-10(11)13/h2-5H,6H2,1H3. The van der Waals surface area contributed by atoms with Crippen molar-refractivity contribution in [1.82, 2.24) is 0 Å². The van der Waals surface area contributed by atoms with Gasteiger partial charge < -0.3 is 9.47 Å². The molecule has 2 amide bonds. The number of nitrogens with zero attached hydrogens (tertiary/aromatic N) is 1. The maximum absolute atomic E-state index is 11.3. The molecule has 5 heteroatoms. The second kappa shape index (κ2) is 3.61. The molecule has 1 saturated heterocycles. The van der Waals surface area contributed by atoms with E-state index >= 15 is 0 Å². The van der Waals surface area contributed by atoms with Crippen LogP contribution >= 0.6 is 0 Å². The zero-order valence-electron chi connectivity index (χ0n) is 8.10. The normalized spacial score (nSPS) is 15.4. The van der Waals surface area contributed by atoms with Crippen molar-refractivity contribution < 1.29 is 19.1 Å². The Bertz CT molecular complexity index is 382. The van der Waals surface area contributed by atoms with Crippen LogP contribution in [-0.2, 0) is 9.53 Å². The highest BCUT2D eigenvalue weighted by atomic mass is 16.6. The third-order valence-electron chi connectivity index (χ3n) is 2.08. The van der Waals surface area contributed by atoms with Gasteiger partial charge in [0, 0.05) is 0 Å². The monoisotopic (exact) mass is 207 g/mol. The van der Waals surface area contributed by atoms with E-state index in [1.54, 1.807) is 31.4 Å². The van der Waals surface area contributed by atoms with Crippen LogP contribution in [-0.4, -0.2) is 25.7 Å². The van der Waals surface area contributed by atoms with Crippen molar-refractivity contribution in [3.63, 3.8) is 0 Å². The molecule has 0 radical (unpaired) electrons. The molecule has 0 atom stereocenters. The number of amides is 2. The minimum absolute atomic E-state index is 0.190. The summed E-state index contributed by atoms with van der Waals surface area (Å²) in [6, 6.07) is 6.61. The molecule has 0 aliphatic carbocycles. The number of benzene rings is 1. The fourth-order valence-electron chi connectivity index (χ4n) is 1.34. The Morgan fingerprint density at radius 1 is 1.27 bits per heavy atom. The summed E-state index contributed by atoms with van der Waals surface area (Å²) >= 11 is 0. The first kappa shape index (κ1) is 9.51. The molecule has 0 bridgehead atoms. The van der Waals surface area contributed by atoms with Crippen LogP contribution in [0.15, 0.2) is 24.3 Å². The predicted molar refractivity (Wildman–Crippen MR) is 51.8 cm³/mol. The first-order valence-electron chi connectivity index (χ1n) is 4.36. The minimum atomic E-state index is -0.634. The molecular weight excluding hydrogens is 198 g/mol. The van der Waals surface area contributed by atoms with Gasteiger partial charge >= 0.3 is 6.09 Å². The topological polar surface area (TPSA) is 55.8 Å². The minimum Gasteiger partial charge on any atom is -0.497 e. The first-order valence-corrected chi connectivity index (χ1v) is 4.36. The number of carbonyl (C=O) groups is 2. The fraction of sp³-hybridized carbons (Fsp3) is 0.200. The molecular formula is C10H9NO4. The van der Waals surface area contributed by atoms with E-state index in [4.69, 9.17) is 4.74 Å². The average Bonchev–Trinajstić information content (AvgIpc) is 2.59. The predicted octanol–water partition coefficient (Wildman–Crippen LogP) is 1.18. The van der Waals surface area contributed by atoms with Gasteiger partial charge in [-0.2, -0.15) is 0 Å². The van der Waals surface area contributed by atoms with E-state index in [-0.39, 0.29) is 12.5 Å². The number of hydrogen-bond donors (Lipinski definition) is 0. The molecule has 1 heterocycles. The van der Waals surface area contributed by atoms with Gasteiger partial charge in [-0.05, 0) is 24.3 Å². The van der Waals surface area contributed by atoms with E-state index in [1.807, 2.05) is 0 Å². The number of methoxy groups -OCH3 is 1. The maximum atomic E-state index is 11.3. The average molecular weight is 207 g/mol. The van der Waals surface area contributed by atoms with E-state index in [0.717, 1.165) is 4.90 Å². The zero-order chi connectivity index (χ0) is 10.8. The quantitative estimate of drug-likeness (QED) is 0.730. The van der Waals surface area contributed by atoms with Crippen molar-refractivity contribution in [2.24, 2.45) is 0 Å². The van der Waals surface area contributed by atoms with Gasteiger partial charge in [0.1, 0.15) is 5.75 Å². The summed E-state index contributed by atoms with van der Waals surface area (Å²) in [4.78, 5) is 23.5. The van der Waals surface area contributed by atoms with E-state index in [1.165, 1.54) is 0 Å². The molecule has 2 rings (SSSR count). The number of cyclic esters (lactones) is 1. The number of ether oxygens (including phenoxy) is 2. The lowest BCUT2D eigenvalue weighted by atomic mass is 10.3. The van der Waals surface area contributed by atoms with Crippen LogP contribution in [0.1, 0.15) is 0 Å². The Morgan fingerprint density at radius 3 is 2.40 bits per heavy atom. The molecule has 0 N–H and O–H groups in total. The molecule has 1 aromatic carbocycles. The highest BCUT2D eigenvalue weighted by Gasteiger charge is 2.32. The summed E-state index contributed by atoms with van der Waals surface area (Å²) < 4.78 is 9.56. The summed E-state index contributed by atoms with van der Waals surface area (Å²) in [7, 11) is 1.55. The van der Waals surface area contributed by atoms with Crippen molar-refractivity contribution in [1.29, 1.82) is 0 Å². The second-order valence-electron chi connectivity index (χ2n) is 2.98. The molecule has 78 valence electrons. The summed E-state index contributed by atoms with van der Waals surface area (Å²) in [5.41, 5.74) is 0.489. The Hall–Kier alpha value is -2.04. The van der Waals surface area contributed by atoms with Crippen LogP contribution in [0.2, 0.25) is 0 Å². The Labute approximate surface area is 86.2 Å². The number of rotatable bonds is 2. The van der Waals surface area contributed by atoms with Crippen LogP contribution in [0.4, 0.5) is 10.5 Å². The van der Waals surface area contributed by atoms with Crippen LogP contribution in [0, 0.1) is 0 Å². The molecule has 1 aliphatic heterocycles. The smallest absolute Gasteiger partial charge is 0.421 e.